The maximum absolute atomic E-state index is 12.8. The van der Waals surface area contributed by atoms with Crippen molar-refractivity contribution in [3.8, 4) is 0 Å². The number of carbonyl (C=O) groups is 1. The summed E-state index contributed by atoms with van der Waals surface area (Å²) >= 11 is 0. The average molecular weight is 344 g/mol. The van der Waals surface area contributed by atoms with Crippen molar-refractivity contribution in [3.63, 3.8) is 0 Å². The van der Waals surface area contributed by atoms with Crippen molar-refractivity contribution in [1.29, 1.82) is 0 Å². The van der Waals surface area contributed by atoms with Crippen molar-refractivity contribution in [2.75, 3.05) is 38.5 Å². The molecule has 2 rings (SSSR count). The summed E-state index contributed by atoms with van der Waals surface area (Å²) in [7, 11) is 1.99. The number of likely N-dealkylation sites (tertiary alicyclic amines) is 1. The van der Waals surface area contributed by atoms with Gasteiger partial charge in [0.05, 0.1) is 0 Å². The fourth-order valence-corrected chi connectivity index (χ4v) is 2.86. The molecule has 0 spiro atoms. The number of piperidine rings is 1. The summed E-state index contributed by atoms with van der Waals surface area (Å²) in [6.45, 7) is 4.05. The predicted octanol–water partition coefficient (Wildman–Crippen LogP) is 2.90. The highest BCUT2D eigenvalue weighted by Gasteiger charge is 2.19. The number of carbonyl (C=O) groups excluding carboxylic acids is 1. The minimum Gasteiger partial charge on any atom is -0.326 e. The molecule has 1 aliphatic heterocycles. The third-order valence-electron chi connectivity index (χ3n) is 4.29. The first-order valence-corrected chi connectivity index (χ1v) is 8.10. The molecule has 0 aromatic heterocycles. The molecule has 0 bridgehead atoms. The van der Waals surface area contributed by atoms with Crippen molar-refractivity contribution in [2.45, 2.75) is 25.7 Å². The molecule has 1 heterocycles. The summed E-state index contributed by atoms with van der Waals surface area (Å²) in [5.41, 5.74) is 0.650. The van der Waals surface area contributed by atoms with E-state index < -0.39 is 0 Å². The molecular formula is C17H27ClFN3O. The number of nitrogens with zero attached hydrogens (tertiary/aromatic N) is 1. The van der Waals surface area contributed by atoms with Crippen molar-refractivity contribution in [3.05, 3.63) is 30.1 Å². The van der Waals surface area contributed by atoms with Gasteiger partial charge < -0.3 is 15.5 Å². The zero-order chi connectivity index (χ0) is 15.8. The molecule has 6 heteroatoms. The number of benzene rings is 1. The molecular weight excluding hydrogens is 317 g/mol. The highest BCUT2D eigenvalue weighted by molar-refractivity contribution is 5.90. The van der Waals surface area contributed by atoms with Gasteiger partial charge in [-0.25, -0.2) is 4.39 Å². The van der Waals surface area contributed by atoms with E-state index in [-0.39, 0.29) is 24.1 Å². The van der Waals surface area contributed by atoms with Crippen LogP contribution < -0.4 is 10.6 Å². The Labute approximate surface area is 144 Å². The Balaban J connectivity index is 0.00000264. The standard InChI is InChI=1S/C17H26FN3O.ClH/c1-19-10-6-14-7-11-21(12-8-14)13-9-17(22)20-16-4-2-15(18)3-5-16;/h2-5,14,19H,6-13H2,1H3,(H,20,22);1H. The Morgan fingerprint density at radius 2 is 1.91 bits per heavy atom. The Morgan fingerprint density at radius 1 is 1.26 bits per heavy atom. The van der Waals surface area contributed by atoms with Crippen LogP contribution in [0.15, 0.2) is 24.3 Å². The van der Waals surface area contributed by atoms with Crippen LogP contribution in [0.25, 0.3) is 0 Å². The molecule has 23 heavy (non-hydrogen) atoms. The fraction of sp³-hybridized carbons (Fsp3) is 0.588. The average Bonchev–Trinajstić information content (AvgIpc) is 2.54. The van der Waals surface area contributed by atoms with Crippen molar-refractivity contribution in [2.24, 2.45) is 5.92 Å². The normalized spacial score (nSPS) is 15.9. The SMILES string of the molecule is CNCCC1CCN(CCC(=O)Nc2ccc(F)cc2)CC1.Cl. The lowest BCUT2D eigenvalue weighted by molar-refractivity contribution is -0.116. The smallest absolute Gasteiger partial charge is 0.225 e. The summed E-state index contributed by atoms with van der Waals surface area (Å²) in [5.74, 6) is 0.514. The van der Waals surface area contributed by atoms with Gasteiger partial charge in [0.2, 0.25) is 5.91 Å². The van der Waals surface area contributed by atoms with Crippen LogP contribution in [0.1, 0.15) is 25.7 Å². The first-order valence-electron chi connectivity index (χ1n) is 8.10. The maximum Gasteiger partial charge on any atom is 0.225 e. The Kier molecular flexibility index (Phi) is 9.14. The summed E-state index contributed by atoms with van der Waals surface area (Å²) in [6, 6.07) is 5.87. The molecule has 0 radical (unpaired) electrons. The van der Waals surface area contributed by atoms with E-state index in [1.807, 2.05) is 7.05 Å². The van der Waals surface area contributed by atoms with Crippen LogP contribution in [-0.4, -0.2) is 44.0 Å². The number of rotatable bonds is 7. The van der Waals surface area contributed by atoms with E-state index in [9.17, 15) is 9.18 Å². The first-order chi connectivity index (χ1) is 10.7. The summed E-state index contributed by atoms with van der Waals surface area (Å²) in [4.78, 5) is 14.3. The predicted molar refractivity (Wildman–Crippen MR) is 94.6 cm³/mol. The van der Waals surface area contributed by atoms with E-state index in [0.29, 0.717) is 12.1 Å². The molecule has 4 nitrogen and oxygen atoms in total. The molecule has 2 N–H and O–H groups in total. The lowest BCUT2D eigenvalue weighted by Gasteiger charge is -2.31. The zero-order valence-corrected chi connectivity index (χ0v) is 14.5. The molecule has 0 saturated carbocycles. The van der Waals surface area contributed by atoms with Crippen molar-refractivity contribution >= 4 is 24.0 Å². The number of amides is 1. The van der Waals surface area contributed by atoms with E-state index in [2.05, 4.69) is 15.5 Å². The monoisotopic (exact) mass is 343 g/mol. The summed E-state index contributed by atoms with van der Waals surface area (Å²) < 4.78 is 12.8. The lowest BCUT2D eigenvalue weighted by atomic mass is 9.93. The summed E-state index contributed by atoms with van der Waals surface area (Å²) in [6.07, 6.45) is 4.18. The van der Waals surface area contributed by atoms with Gasteiger partial charge in [-0.1, -0.05) is 0 Å². The van der Waals surface area contributed by atoms with Crippen LogP contribution in [-0.2, 0) is 4.79 Å². The number of anilines is 1. The van der Waals surface area contributed by atoms with Crippen LogP contribution in [0, 0.1) is 11.7 Å². The molecule has 1 aliphatic rings. The van der Waals surface area contributed by atoms with Gasteiger partial charge in [-0.15, -0.1) is 12.4 Å². The van der Waals surface area contributed by atoms with Crippen molar-refractivity contribution in [1.82, 2.24) is 10.2 Å². The van der Waals surface area contributed by atoms with E-state index in [1.165, 1.54) is 31.4 Å². The minimum atomic E-state index is -0.292. The molecule has 1 fully saturated rings. The zero-order valence-electron chi connectivity index (χ0n) is 13.7. The maximum atomic E-state index is 12.8. The Bertz CT molecular complexity index is 461. The van der Waals surface area contributed by atoms with Gasteiger partial charge in [-0.3, -0.25) is 4.79 Å². The van der Waals surface area contributed by atoms with E-state index in [0.717, 1.165) is 32.1 Å². The molecule has 0 unspecified atom stereocenters. The quantitative estimate of drug-likeness (QED) is 0.800. The van der Waals surface area contributed by atoms with Crippen LogP contribution in [0.2, 0.25) is 0 Å². The number of halogens is 2. The minimum absolute atomic E-state index is 0. The van der Waals surface area contributed by atoms with Gasteiger partial charge in [-0.2, -0.15) is 0 Å². The highest BCUT2D eigenvalue weighted by atomic mass is 35.5. The first kappa shape index (κ1) is 19.9. The fourth-order valence-electron chi connectivity index (χ4n) is 2.86. The molecule has 0 aliphatic carbocycles. The van der Waals surface area contributed by atoms with Crippen LogP contribution in [0.3, 0.4) is 0 Å². The third-order valence-corrected chi connectivity index (χ3v) is 4.29. The molecule has 1 aromatic carbocycles. The second kappa shape index (κ2) is 10.6. The Morgan fingerprint density at radius 3 is 2.52 bits per heavy atom. The van der Waals surface area contributed by atoms with Crippen molar-refractivity contribution < 1.29 is 9.18 Å². The van der Waals surface area contributed by atoms with E-state index >= 15 is 0 Å². The Hall–Kier alpha value is -1.17. The van der Waals surface area contributed by atoms with Crippen LogP contribution in [0.4, 0.5) is 10.1 Å². The lowest BCUT2D eigenvalue weighted by Crippen LogP contribution is -2.36. The number of nitrogens with one attached hydrogen (secondary N) is 2. The molecule has 1 amide bonds. The van der Waals surface area contributed by atoms with Gasteiger partial charge in [0.15, 0.2) is 0 Å². The molecule has 0 atom stereocenters. The second-order valence-electron chi connectivity index (χ2n) is 5.98. The third kappa shape index (κ3) is 7.29. The van der Waals surface area contributed by atoms with Crippen LogP contribution in [0.5, 0.6) is 0 Å². The van der Waals surface area contributed by atoms with E-state index in [1.54, 1.807) is 12.1 Å². The molecule has 1 aromatic rings. The van der Waals surface area contributed by atoms with E-state index in [4.69, 9.17) is 0 Å². The van der Waals surface area contributed by atoms with Gasteiger partial charge in [-0.05, 0) is 76.1 Å². The topological polar surface area (TPSA) is 44.4 Å². The van der Waals surface area contributed by atoms with Gasteiger partial charge >= 0.3 is 0 Å². The van der Waals surface area contributed by atoms with Gasteiger partial charge in [0, 0.05) is 18.7 Å². The molecule has 1 saturated heterocycles. The summed E-state index contributed by atoms with van der Waals surface area (Å²) in [5, 5.41) is 6.01. The van der Waals surface area contributed by atoms with Gasteiger partial charge in [0.1, 0.15) is 5.82 Å². The number of hydrogen-bond acceptors (Lipinski definition) is 3. The second-order valence-corrected chi connectivity index (χ2v) is 5.98. The highest BCUT2D eigenvalue weighted by Crippen LogP contribution is 2.20. The largest absolute Gasteiger partial charge is 0.326 e. The molecule has 130 valence electrons. The number of hydrogen-bond donors (Lipinski definition) is 2. The van der Waals surface area contributed by atoms with Gasteiger partial charge in [0.25, 0.3) is 0 Å². The van der Waals surface area contributed by atoms with Crippen LogP contribution >= 0.6 is 12.4 Å².